The zero-order chi connectivity index (χ0) is 21.2. The fraction of sp³-hybridized carbons (Fsp3) is 0.364. The summed E-state index contributed by atoms with van der Waals surface area (Å²) in [5.74, 6) is 1.09. The van der Waals surface area contributed by atoms with Gasteiger partial charge in [0, 0.05) is 23.1 Å². The van der Waals surface area contributed by atoms with Gasteiger partial charge in [-0.05, 0) is 49.7 Å². The van der Waals surface area contributed by atoms with Crippen molar-refractivity contribution < 1.29 is 19.1 Å². The number of methoxy groups -OCH3 is 2. The van der Waals surface area contributed by atoms with Gasteiger partial charge in [-0.3, -0.25) is 9.59 Å². The average Bonchev–Trinajstić information content (AvgIpc) is 2.73. The van der Waals surface area contributed by atoms with Gasteiger partial charge in [-0.2, -0.15) is 0 Å². The van der Waals surface area contributed by atoms with Gasteiger partial charge in [0.25, 0.3) is 0 Å². The third-order valence-corrected chi connectivity index (χ3v) is 5.35. The number of hydrogen-bond acceptors (Lipinski definition) is 5. The number of hydrogen-bond donors (Lipinski definition) is 2. The molecule has 0 spiro atoms. The Morgan fingerprint density at radius 2 is 1.76 bits per heavy atom. The number of carbonyl (C=O) groups is 2. The maximum absolute atomic E-state index is 12.6. The third kappa shape index (κ3) is 7.02. The number of carbonyl (C=O) groups excluding carboxylic acids is 2. The van der Waals surface area contributed by atoms with E-state index in [9.17, 15) is 9.59 Å². The molecule has 2 amide bonds. The van der Waals surface area contributed by atoms with Crippen molar-refractivity contribution in [2.45, 2.75) is 43.3 Å². The van der Waals surface area contributed by atoms with Crippen molar-refractivity contribution in [1.82, 2.24) is 0 Å². The van der Waals surface area contributed by atoms with E-state index in [2.05, 4.69) is 17.6 Å². The van der Waals surface area contributed by atoms with E-state index in [4.69, 9.17) is 9.47 Å². The average molecular weight is 417 g/mol. The van der Waals surface area contributed by atoms with Crippen LogP contribution in [0.4, 0.5) is 11.4 Å². The lowest BCUT2D eigenvalue weighted by Crippen LogP contribution is -2.22. The molecule has 1 unspecified atom stereocenters. The van der Waals surface area contributed by atoms with Gasteiger partial charge in [0.15, 0.2) is 0 Å². The molecule has 0 fully saturated rings. The molecule has 156 valence electrons. The minimum atomic E-state index is -0.323. The van der Waals surface area contributed by atoms with Crippen molar-refractivity contribution in [3.05, 3.63) is 42.5 Å². The predicted octanol–water partition coefficient (Wildman–Crippen LogP) is 4.95. The van der Waals surface area contributed by atoms with Gasteiger partial charge in [-0.1, -0.05) is 13.3 Å². The first kappa shape index (κ1) is 22.6. The summed E-state index contributed by atoms with van der Waals surface area (Å²) in [4.78, 5) is 25.4. The monoisotopic (exact) mass is 416 g/mol. The molecule has 7 heteroatoms. The molecule has 0 aliphatic carbocycles. The van der Waals surface area contributed by atoms with Gasteiger partial charge in [-0.25, -0.2) is 0 Å². The fourth-order valence-corrected chi connectivity index (χ4v) is 3.45. The minimum absolute atomic E-state index is 0.0206. The second kappa shape index (κ2) is 11.4. The van der Waals surface area contributed by atoms with E-state index < -0.39 is 0 Å². The Morgan fingerprint density at radius 1 is 1.03 bits per heavy atom. The first-order valence-corrected chi connectivity index (χ1v) is 10.4. The fourth-order valence-electron chi connectivity index (χ4n) is 2.58. The van der Waals surface area contributed by atoms with Crippen molar-refractivity contribution in [2.75, 3.05) is 24.9 Å². The largest absolute Gasteiger partial charge is 0.497 e. The van der Waals surface area contributed by atoms with E-state index in [1.165, 1.54) is 11.8 Å². The van der Waals surface area contributed by atoms with Crippen LogP contribution >= 0.6 is 11.8 Å². The molecule has 1 atom stereocenters. The summed E-state index contributed by atoms with van der Waals surface area (Å²) in [6.07, 6.45) is 2.40. The molecular weight excluding hydrogens is 388 g/mol. The molecule has 0 aliphatic rings. The summed E-state index contributed by atoms with van der Waals surface area (Å²) >= 11 is 1.44. The molecule has 29 heavy (non-hydrogen) atoms. The summed E-state index contributed by atoms with van der Waals surface area (Å²) in [6, 6.07) is 12.7. The number of ether oxygens (including phenoxy) is 2. The Kier molecular flexibility index (Phi) is 8.86. The van der Waals surface area contributed by atoms with Gasteiger partial charge in [0.1, 0.15) is 11.5 Å². The highest BCUT2D eigenvalue weighted by Crippen LogP contribution is 2.31. The van der Waals surface area contributed by atoms with Crippen LogP contribution in [0.25, 0.3) is 0 Å². The first-order valence-electron chi connectivity index (χ1n) is 9.56. The van der Waals surface area contributed by atoms with E-state index in [1.807, 2.05) is 31.2 Å². The van der Waals surface area contributed by atoms with Crippen LogP contribution in [0.3, 0.4) is 0 Å². The van der Waals surface area contributed by atoms with E-state index in [0.717, 1.165) is 23.4 Å². The molecular formula is C22H28N2O4S. The first-order chi connectivity index (χ1) is 14.0. The Bertz CT molecular complexity index is 824. The highest BCUT2D eigenvalue weighted by atomic mass is 32.2. The van der Waals surface area contributed by atoms with Crippen LogP contribution in [-0.4, -0.2) is 31.3 Å². The summed E-state index contributed by atoms with van der Waals surface area (Å²) in [5.41, 5.74) is 1.32. The molecule has 2 rings (SSSR count). The van der Waals surface area contributed by atoms with Crippen molar-refractivity contribution in [2.24, 2.45) is 0 Å². The second-order valence-corrected chi connectivity index (χ2v) is 7.91. The van der Waals surface area contributed by atoms with Crippen LogP contribution in [0, 0.1) is 0 Å². The number of unbranched alkanes of at least 4 members (excludes halogenated alkanes) is 1. The molecule has 0 saturated heterocycles. The van der Waals surface area contributed by atoms with Crippen molar-refractivity contribution in [1.29, 1.82) is 0 Å². The molecule has 2 aromatic rings. The smallest absolute Gasteiger partial charge is 0.237 e. The molecule has 2 aromatic carbocycles. The highest BCUT2D eigenvalue weighted by molar-refractivity contribution is 8.00. The number of amides is 2. The number of nitrogens with one attached hydrogen (secondary N) is 2. The second-order valence-electron chi connectivity index (χ2n) is 6.49. The molecule has 6 nitrogen and oxygen atoms in total. The maximum atomic E-state index is 12.6. The lowest BCUT2D eigenvalue weighted by Gasteiger charge is -2.15. The maximum Gasteiger partial charge on any atom is 0.237 e. The topological polar surface area (TPSA) is 76.7 Å². The molecule has 0 radical (unpaired) electrons. The number of thioether (sulfide) groups is 1. The van der Waals surface area contributed by atoms with Crippen LogP contribution < -0.4 is 20.1 Å². The van der Waals surface area contributed by atoms with Crippen LogP contribution in [0.2, 0.25) is 0 Å². The van der Waals surface area contributed by atoms with E-state index >= 15 is 0 Å². The molecule has 0 saturated carbocycles. The third-order valence-electron chi connectivity index (χ3n) is 4.24. The quantitative estimate of drug-likeness (QED) is 0.536. The minimum Gasteiger partial charge on any atom is -0.497 e. The van der Waals surface area contributed by atoms with E-state index in [-0.39, 0.29) is 17.1 Å². The summed E-state index contributed by atoms with van der Waals surface area (Å²) < 4.78 is 10.5. The van der Waals surface area contributed by atoms with Crippen molar-refractivity contribution in [3.63, 3.8) is 0 Å². The van der Waals surface area contributed by atoms with Crippen LogP contribution in [0.15, 0.2) is 47.4 Å². The zero-order valence-electron chi connectivity index (χ0n) is 17.3. The van der Waals surface area contributed by atoms with Gasteiger partial charge in [0.05, 0.1) is 25.2 Å². The van der Waals surface area contributed by atoms with Crippen LogP contribution in [0.1, 0.15) is 33.1 Å². The molecule has 0 aliphatic heterocycles. The Hall–Kier alpha value is -2.67. The van der Waals surface area contributed by atoms with Crippen molar-refractivity contribution in [3.8, 4) is 11.5 Å². The lowest BCUT2D eigenvalue weighted by molar-refractivity contribution is -0.116. The Balaban J connectivity index is 1.95. The number of benzene rings is 2. The standard InChI is InChI=1S/C22H28N2O4S/c1-5-6-7-21(25)23-16-8-11-18(12-9-16)29-15(2)22(26)24-19-14-17(27-3)10-13-20(19)28-4/h8-15H,5-7H2,1-4H3,(H,23,25)(H,24,26). The van der Waals surface area contributed by atoms with Crippen molar-refractivity contribution >= 4 is 35.0 Å². The van der Waals surface area contributed by atoms with Gasteiger partial charge in [0.2, 0.25) is 11.8 Å². The molecule has 0 bridgehead atoms. The van der Waals surface area contributed by atoms with Gasteiger partial charge in [-0.15, -0.1) is 11.8 Å². The molecule has 2 N–H and O–H groups in total. The SMILES string of the molecule is CCCCC(=O)Nc1ccc(SC(C)C(=O)Nc2cc(OC)ccc2OC)cc1. The predicted molar refractivity (Wildman–Crippen MR) is 118 cm³/mol. The Morgan fingerprint density at radius 3 is 2.38 bits per heavy atom. The summed E-state index contributed by atoms with van der Waals surface area (Å²) in [7, 11) is 3.13. The summed E-state index contributed by atoms with van der Waals surface area (Å²) in [6.45, 7) is 3.90. The van der Waals surface area contributed by atoms with E-state index in [1.54, 1.807) is 32.4 Å². The molecule has 0 aromatic heterocycles. The van der Waals surface area contributed by atoms with Gasteiger partial charge < -0.3 is 20.1 Å². The number of anilines is 2. The Labute approximate surface area is 176 Å². The van der Waals surface area contributed by atoms with Crippen LogP contribution in [0.5, 0.6) is 11.5 Å². The zero-order valence-corrected chi connectivity index (χ0v) is 18.1. The summed E-state index contributed by atoms with van der Waals surface area (Å²) in [5, 5.41) is 5.45. The van der Waals surface area contributed by atoms with E-state index in [0.29, 0.717) is 23.6 Å². The molecule has 0 heterocycles. The lowest BCUT2D eigenvalue weighted by atomic mass is 10.2. The highest BCUT2D eigenvalue weighted by Gasteiger charge is 2.17. The van der Waals surface area contributed by atoms with Gasteiger partial charge >= 0.3 is 0 Å². The van der Waals surface area contributed by atoms with Crippen LogP contribution in [-0.2, 0) is 9.59 Å². The number of rotatable bonds is 10. The normalized spacial score (nSPS) is 11.4.